The number of epoxide rings is 1. The van der Waals surface area contributed by atoms with E-state index in [0.29, 0.717) is 12.6 Å². The molecule has 0 bridgehead atoms. The van der Waals surface area contributed by atoms with Gasteiger partial charge in [-0.25, -0.2) is 0 Å². The number of rotatable bonds is 2. The van der Waals surface area contributed by atoms with E-state index in [2.05, 4.69) is 40.5 Å². The summed E-state index contributed by atoms with van der Waals surface area (Å²) in [7, 11) is 0. The van der Waals surface area contributed by atoms with Gasteiger partial charge in [0.2, 0.25) is 5.91 Å². The van der Waals surface area contributed by atoms with Crippen molar-refractivity contribution in [3.8, 4) is 0 Å². The first kappa shape index (κ1) is 12.6. The second-order valence-electron chi connectivity index (χ2n) is 5.81. The summed E-state index contributed by atoms with van der Waals surface area (Å²) in [6.07, 6.45) is 0.790. The lowest BCUT2D eigenvalue weighted by molar-refractivity contribution is -0.121. The van der Waals surface area contributed by atoms with Crippen LogP contribution in [-0.2, 0) is 20.8 Å². The van der Waals surface area contributed by atoms with Gasteiger partial charge in [-0.3, -0.25) is 4.79 Å². The Balaban J connectivity index is 1.56. The second kappa shape index (κ2) is 4.21. The molecule has 21 heavy (non-hydrogen) atoms. The van der Waals surface area contributed by atoms with Gasteiger partial charge in [-0.2, -0.15) is 0 Å². The maximum atomic E-state index is 11.0. The maximum Gasteiger partial charge on any atom is 0.289 e. The highest BCUT2D eigenvalue weighted by molar-refractivity contribution is 6.05. The van der Waals surface area contributed by atoms with Crippen molar-refractivity contribution in [2.24, 2.45) is 5.16 Å². The number of amides is 1. The van der Waals surface area contributed by atoms with E-state index in [-0.39, 0.29) is 12.0 Å². The van der Waals surface area contributed by atoms with Crippen molar-refractivity contribution in [3.63, 3.8) is 0 Å². The number of fused-ring (bicyclic) bond motifs is 2. The summed E-state index contributed by atoms with van der Waals surface area (Å²) < 4.78 is 5.67. The quantitative estimate of drug-likeness (QED) is 0.825. The third-order valence-corrected chi connectivity index (χ3v) is 4.23. The molecular formula is C15H17N3O3. The van der Waals surface area contributed by atoms with E-state index >= 15 is 0 Å². The molecule has 6 heteroatoms. The molecule has 3 unspecified atom stereocenters. The van der Waals surface area contributed by atoms with Crippen molar-refractivity contribution in [1.29, 1.82) is 0 Å². The predicted molar refractivity (Wildman–Crippen MR) is 76.9 cm³/mol. The highest BCUT2D eigenvalue weighted by Gasteiger charge is 2.69. The fourth-order valence-electron chi connectivity index (χ4n) is 3.16. The van der Waals surface area contributed by atoms with Crippen molar-refractivity contribution in [1.82, 2.24) is 5.32 Å². The number of benzene rings is 1. The number of carbonyl (C=O) groups is 1. The third kappa shape index (κ3) is 1.82. The number of amidine groups is 1. The van der Waals surface area contributed by atoms with Crippen LogP contribution in [0.3, 0.4) is 0 Å². The van der Waals surface area contributed by atoms with Crippen LogP contribution in [0.4, 0.5) is 5.69 Å². The molecule has 3 heterocycles. The fraction of sp³-hybridized carbons (Fsp3) is 0.467. The number of oxime groups is 1. The molecule has 1 amide bonds. The molecule has 0 saturated carbocycles. The van der Waals surface area contributed by atoms with Gasteiger partial charge >= 0.3 is 0 Å². The van der Waals surface area contributed by atoms with Crippen LogP contribution < -0.4 is 10.2 Å². The number of carbonyl (C=O) groups excluding carboxylic acids is 1. The summed E-state index contributed by atoms with van der Waals surface area (Å²) in [5, 5.41) is 6.94. The van der Waals surface area contributed by atoms with E-state index in [1.165, 1.54) is 12.5 Å². The molecule has 0 aliphatic carbocycles. The predicted octanol–water partition coefficient (Wildman–Crippen LogP) is 1.01. The first-order valence-electron chi connectivity index (χ1n) is 7.16. The first-order valence-corrected chi connectivity index (χ1v) is 7.16. The minimum absolute atomic E-state index is 0.101. The molecule has 0 spiro atoms. The van der Waals surface area contributed by atoms with Crippen molar-refractivity contribution in [2.45, 2.75) is 38.2 Å². The largest absolute Gasteiger partial charge is 0.353 e. The van der Waals surface area contributed by atoms with Crippen LogP contribution in [0, 0.1) is 0 Å². The summed E-state index contributed by atoms with van der Waals surface area (Å²) in [6, 6.07) is 8.64. The Morgan fingerprint density at radius 3 is 3.10 bits per heavy atom. The maximum absolute atomic E-state index is 11.0. The summed E-state index contributed by atoms with van der Waals surface area (Å²) in [5.41, 5.74) is 2.48. The molecule has 1 aromatic rings. The summed E-state index contributed by atoms with van der Waals surface area (Å²) >= 11 is 0. The second-order valence-corrected chi connectivity index (χ2v) is 5.81. The van der Waals surface area contributed by atoms with Gasteiger partial charge in [0.15, 0.2) is 11.9 Å². The number of para-hydroxylation sites is 1. The van der Waals surface area contributed by atoms with Crippen molar-refractivity contribution in [3.05, 3.63) is 29.8 Å². The number of hydrogen-bond donors (Lipinski definition) is 1. The van der Waals surface area contributed by atoms with Crippen LogP contribution >= 0.6 is 0 Å². The normalized spacial score (nSPS) is 32.1. The Kier molecular flexibility index (Phi) is 2.53. The van der Waals surface area contributed by atoms with E-state index in [1.54, 1.807) is 0 Å². The Labute approximate surface area is 122 Å². The van der Waals surface area contributed by atoms with Crippen molar-refractivity contribution < 1.29 is 14.4 Å². The molecular weight excluding hydrogens is 270 g/mol. The summed E-state index contributed by atoms with van der Waals surface area (Å²) in [5.74, 6) is -0.0912. The van der Waals surface area contributed by atoms with Gasteiger partial charge in [0.25, 0.3) is 5.79 Å². The van der Waals surface area contributed by atoms with Gasteiger partial charge in [0.1, 0.15) is 0 Å². The number of hydrogen-bond acceptors (Lipinski definition) is 5. The van der Waals surface area contributed by atoms with Crippen LogP contribution in [0.5, 0.6) is 0 Å². The number of anilines is 1. The topological polar surface area (TPSA) is 66.5 Å². The van der Waals surface area contributed by atoms with E-state index in [1.807, 2.05) is 6.07 Å². The molecule has 1 saturated heterocycles. The molecule has 4 rings (SSSR count). The highest BCUT2D eigenvalue weighted by atomic mass is 16.9. The Bertz CT molecular complexity index is 645. The highest BCUT2D eigenvalue weighted by Crippen LogP contribution is 2.46. The Morgan fingerprint density at radius 1 is 1.52 bits per heavy atom. The van der Waals surface area contributed by atoms with Crippen LogP contribution in [0.1, 0.15) is 19.4 Å². The molecule has 0 radical (unpaired) electrons. The molecule has 0 aromatic heterocycles. The van der Waals surface area contributed by atoms with E-state index in [0.717, 1.165) is 17.9 Å². The minimum atomic E-state index is -0.793. The van der Waals surface area contributed by atoms with Gasteiger partial charge < -0.3 is 19.8 Å². The van der Waals surface area contributed by atoms with Gasteiger partial charge in [0, 0.05) is 18.7 Å². The smallest absolute Gasteiger partial charge is 0.289 e. The van der Waals surface area contributed by atoms with E-state index in [4.69, 9.17) is 9.57 Å². The third-order valence-electron chi connectivity index (χ3n) is 4.23. The molecule has 6 nitrogen and oxygen atoms in total. The summed E-state index contributed by atoms with van der Waals surface area (Å²) in [4.78, 5) is 18.7. The SMILES string of the molecule is CC(=O)NCC12ON=C(N3c4ccccc4CC3C)C1O2. The molecule has 1 N–H and O–H groups in total. The average Bonchev–Trinajstić information content (AvgIpc) is 2.92. The number of ether oxygens (including phenoxy) is 1. The van der Waals surface area contributed by atoms with Crippen LogP contribution in [0.25, 0.3) is 0 Å². The first-order chi connectivity index (χ1) is 10.1. The van der Waals surface area contributed by atoms with E-state index in [9.17, 15) is 4.79 Å². The minimum Gasteiger partial charge on any atom is -0.353 e. The molecule has 1 aromatic carbocycles. The number of nitrogens with one attached hydrogen (secondary N) is 1. The summed E-state index contributed by atoms with van der Waals surface area (Å²) in [6.45, 7) is 3.96. The Morgan fingerprint density at radius 2 is 2.33 bits per heavy atom. The lowest BCUT2D eigenvalue weighted by Crippen LogP contribution is -2.40. The molecule has 110 valence electrons. The molecule has 3 atom stereocenters. The molecule has 1 fully saturated rings. The van der Waals surface area contributed by atoms with E-state index < -0.39 is 5.79 Å². The van der Waals surface area contributed by atoms with Gasteiger partial charge in [-0.15, -0.1) is 0 Å². The van der Waals surface area contributed by atoms with Crippen LogP contribution in [-0.4, -0.2) is 36.2 Å². The lowest BCUT2D eigenvalue weighted by Gasteiger charge is -2.23. The Hall–Kier alpha value is -2.08. The van der Waals surface area contributed by atoms with Gasteiger partial charge in [-0.05, 0) is 25.0 Å². The molecule has 3 aliphatic rings. The molecule has 3 aliphatic heterocycles. The zero-order chi connectivity index (χ0) is 14.6. The van der Waals surface area contributed by atoms with Crippen molar-refractivity contribution >= 4 is 17.4 Å². The monoisotopic (exact) mass is 287 g/mol. The number of nitrogens with zero attached hydrogens (tertiary/aromatic N) is 2. The zero-order valence-electron chi connectivity index (χ0n) is 12.0. The van der Waals surface area contributed by atoms with Crippen LogP contribution in [0.15, 0.2) is 29.4 Å². The van der Waals surface area contributed by atoms with Crippen molar-refractivity contribution in [2.75, 3.05) is 11.4 Å². The fourth-order valence-corrected chi connectivity index (χ4v) is 3.16. The standard InChI is InChI=1S/C15H17N3O3/c1-9-7-11-5-3-4-6-12(11)18(9)14-13-15(20-13,21-17-14)8-16-10(2)19/h3-6,9,13H,7-8H2,1-2H3,(H,16,19). The van der Waals surface area contributed by atoms with Gasteiger partial charge in [-0.1, -0.05) is 23.4 Å². The average molecular weight is 287 g/mol. The van der Waals surface area contributed by atoms with Gasteiger partial charge in [0.05, 0.1) is 6.54 Å². The lowest BCUT2D eigenvalue weighted by atomic mass is 10.1. The zero-order valence-corrected chi connectivity index (χ0v) is 12.0. The van der Waals surface area contributed by atoms with Crippen LogP contribution in [0.2, 0.25) is 0 Å².